The molecular formula is C32H33F2N7O2. The number of pyridine rings is 1. The van der Waals surface area contributed by atoms with Crippen molar-refractivity contribution in [3.63, 3.8) is 0 Å². The summed E-state index contributed by atoms with van der Waals surface area (Å²) in [5, 5.41) is 0.428. The lowest BCUT2D eigenvalue weighted by atomic mass is 9.96. The quantitative estimate of drug-likeness (QED) is 0.306. The highest BCUT2D eigenvalue weighted by atomic mass is 19.1. The highest BCUT2D eigenvalue weighted by molar-refractivity contribution is 5.93. The van der Waals surface area contributed by atoms with Crippen LogP contribution in [0.3, 0.4) is 0 Å². The molecule has 2 saturated heterocycles. The first-order chi connectivity index (χ1) is 20.9. The van der Waals surface area contributed by atoms with Crippen molar-refractivity contribution >= 4 is 22.6 Å². The van der Waals surface area contributed by atoms with E-state index in [0.717, 1.165) is 18.4 Å². The Morgan fingerprint density at radius 2 is 2.09 bits per heavy atom. The fourth-order valence-corrected chi connectivity index (χ4v) is 7.15. The topological polar surface area (TPSA) is 79.1 Å². The van der Waals surface area contributed by atoms with Gasteiger partial charge in [-0.2, -0.15) is 9.97 Å². The van der Waals surface area contributed by atoms with Gasteiger partial charge in [0.2, 0.25) is 12.5 Å². The molecule has 3 unspecified atom stereocenters. The lowest BCUT2D eigenvalue weighted by Crippen LogP contribution is -2.56. The first-order valence-electron chi connectivity index (χ1n) is 14.8. The Kier molecular flexibility index (Phi) is 6.96. The Morgan fingerprint density at radius 3 is 2.86 bits per heavy atom. The highest BCUT2D eigenvalue weighted by Gasteiger charge is 2.46. The van der Waals surface area contributed by atoms with Crippen molar-refractivity contribution < 1.29 is 18.3 Å². The Morgan fingerprint density at radius 1 is 1.23 bits per heavy atom. The Hall–Kier alpha value is -4.17. The lowest BCUT2D eigenvalue weighted by Gasteiger charge is -2.39. The molecule has 0 spiro atoms. The Bertz CT molecular complexity index is 1660. The van der Waals surface area contributed by atoms with Crippen molar-refractivity contribution in [2.24, 2.45) is 5.92 Å². The average molecular weight is 586 g/mol. The van der Waals surface area contributed by atoms with Gasteiger partial charge in [0.05, 0.1) is 5.39 Å². The zero-order valence-electron chi connectivity index (χ0n) is 24.0. The van der Waals surface area contributed by atoms with Crippen LogP contribution in [0.25, 0.3) is 27.0 Å². The summed E-state index contributed by atoms with van der Waals surface area (Å²) in [6, 6.07) is 5.47. The van der Waals surface area contributed by atoms with Crippen LogP contribution in [0.5, 0.6) is 6.01 Å². The third-order valence-electron chi connectivity index (χ3n) is 9.45. The molecule has 3 fully saturated rings. The molecule has 2 aliphatic heterocycles. The molecule has 3 aromatic rings. The first-order valence-corrected chi connectivity index (χ1v) is 14.8. The van der Waals surface area contributed by atoms with Gasteiger partial charge < -0.3 is 19.4 Å². The number of fused-ring (bicyclic) bond motifs is 4. The number of carbonyl (C=O) groups is 1. The molecule has 2 aliphatic carbocycles. The van der Waals surface area contributed by atoms with Crippen LogP contribution in [0.1, 0.15) is 29.9 Å². The molecule has 0 N–H and O–H groups in total. The van der Waals surface area contributed by atoms with Crippen LogP contribution in [-0.4, -0.2) is 95.3 Å². The van der Waals surface area contributed by atoms with Crippen molar-refractivity contribution in [1.29, 1.82) is 0 Å². The predicted molar refractivity (Wildman–Crippen MR) is 158 cm³/mol. The third-order valence-corrected chi connectivity index (χ3v) is 9.45. The molecule has 2 aromatic heterocycles. The van der Waals surface area contributed by atoms with E-state index in [1.165, 1.54) is 17.2 Å². The number of likely N-dealkylation sites (tertiary alicyclic amines) is 1. The second-order valence-corrected chi connectivity index (χ2v) is 12.1. The average Bonchev–Trinajstić information content (AvgIpc) is 3.55. The number of hydrogen-bond donors (Lipinski definition) is 0. The van der Waals surface area contributed by atoms with Crippen LogP contribution in [0.2, 0.25) is 0 Å². The van der Waals surface area contributed by atoms with Crippen LogP contribution in [-0.2, 0) is 11.2 Å². The molecule has 1 amide bonds. The molecule has 7 rings (SSSR count). The minimum Gasteiger partial charge on any atom is -0.462 e. The number of rotatable bonds is 7. The molecule has 11 heteroatoms. The molecular weight excluding hydrogens is 552 g/mol. The number of benzene rings is 1. The predicted octanol–water partition coefficient (Wildman–Crippen LogP) is 4.03. The zero-order chi connectivity index (χ0) is 29.8. The molecule has 4 heterocycles. The van der Waals surface area contributed by atoms with Crippen molar-refractivity contribution in [2.75, 3.05) is 51.3 Å². The minimum atomic E-state index is -0.926. The first kappa shape index (κ1) is 27.7. The molecule has 1 saturated carbocycles. The van der Waals surface area contributed by atoms with Gasteiger partial charge in [-0.05, 0) is 55.3 Å². The normalized spacial score (nSPS) is 26.2. The SMILES string of the molecule is [C-]#[N+]C[C@H]1CN(c2nc(OCC3C[C@@H](F)CN3C)nc3c(F)c(-c4cccc5c4C4CC4C5)ncc23)CCN1C(=O)C=C. The molecule has 222 valence electrons. The van der Waals surface area contributed by atoms with Crippen LogP contribution in [0.4, 0.5) is 14.6 Å². The van der Waals surface area contributed by atoms with E-state index in [-0.39, 0.29) is 42.3 Å². The number of likely N-dealkylation sites (N-methyl/N-ethyl adjacent to an activating group) is 1. The summed E-state index contributed by atoms with van der Waals surface area (Å²) in [4.78, 5) is 35.4. The number of amides is 1. The van der Waals surface area contributed by atoms with Crippen LogP contribution < -0.4 is 9.64 Å². The molecule has 43 heavy (non-hydrogen) atoms. The standard InChI is InChI=1S/C32H33F2N7O2/c1-4-26(42)41-9-8-40(16-22(41)13-35-2)31-25-14-36-29(23-7-5-6-18-10-19-11-24(19)27(18)23)28(34)30(25)37-32(38-31)43-17-21-12-20(33)15-39(21)3/h4-7,14,19-22,24H,1,8-13,15-17H2,3H3/t19?,20-,21?,22+,24?/m1/s1. The van der Waals surface area contributed by atoms with E-state index >= 15 is 4.39 Å². The number of carbonyl (C=O) groups excluding carboxylic acids is 1. The minimum absolute atomic E-state index is 0.00105. The summed E-state index contributed by atoms with van der Waals surface area (Å²) in [6.45, 7) is 12.7. The second-order valence-electron chi connectivity index (χ2n) is 12.1. The fourth-order valence-electron chi connectivity index (χ4n) is 7.15. The summed E-state index contributed by atoms with van der Waals surface area (Å²) >= 11 is 0. The van der Waals surface area contributed by atoms with Gasteiger partial charge in [0.25, 0.3) is 0 Å². The maximum absolute atomic E-state index is 16.6. The van der Waals surface area contributed by atoms with Gasteiger partial charge >= 0.3 is 6.01 Å². The number of anilines is 1. The summed E-state index contributed by atoms with van der Waals surface area (Å²) in [5.41, 5.74) is 3.62. The third kappa shape index (κ3) is 4.87. The fraction of sp³-hybridized carbons (Fsp3) is 0.469. The molecule has 1 aromatic carbocycles. The van der Waals surface area contributed by atoms with E-state index in [9.17, 15) is 9.18 Å². The number of aromatic nitrogens is 3. The molecule has 5 atom stereocenters. The van der Waals surface area contributed by atoms with Crippen molar-refractivity contribution in [3.8, 4) is 17.3 Å². The van der Waals surface area contributed by atoms with Crippen LogP contribution in [0.15, 0.2) is 37.1 Å². The maximum atomic E-state index is 16.6. The summed E-state index contributed by atoms with van der Waals surface area (Å²) in [6.07, 6.45) is 4.45. The van der Waals surface area contributed by atoms with Gasteiger partial charge in [-0.3, -0.25) is 14.7 Å². The Balaban J connectivity index is 1.29. The number of nitrogens with zero attached hydrogens (tertiary/aromatic N) is 7. The second kappa shape index (κ2) is 10.8. The smallest absolute Gasteiger partial charge is 0.319 e. The van der Waals surface area contributed by atoms with E-state index in [0.29, 0.717) is 55.6 Å². The maximum Gasteiger partial charge on any atom is 0.319 e. The van der Waals surface area contributed by atoms with Crippen LogP contribution >= 0.6 is 0 Å². The van der Waals surface area contributed by atoms with Gasteiger partial charge in [-0.15, -0.1) is 0 Å². The largest absolute Gasteiger partial charge is 0.462 e. The van der Waals surface area contributed by atoms with E-state index in [2.05, 4.69) is 27.5 Å². The number of piperazine rings is 1. The summed E-state index contributed by atoms with van der Waals surface area (Å²) < 4.78 is 36.6. The van der Waals surface area contributed by atoms with Gasteiger partial charge in [0, 0.05) is 44.0 Å². The molecule has 9 nitrogen and oxygen atoms in total. The number of hydrogen-bond acceptors (Lipinski definition) is 7. The molecule has 4 aliphatic rings. The van der Waals surface area contributed by atoms with Crippen molar-refractivity contribution in [3.05, 3.63) is 65.4 Å². The van der Waals surface area contributed by atoms with E-state index in [4.69, 9.17) is 16.3 Å². The van der Waals surface area contributed by atoms with Gasteiger partial charge in [0.1, 0.15) is 35.8 Å². The van der Waals surface area contributed by atoms with Crippen LogP contribution in [0, 0.1) is 18.3 Å². The van der Waals surface area contributed by atoms with E-state index in [1.54, 1.807) is 11.1 Å². The number of halogens is 2. The number of ether oxygens (including phenoxy) is 1. The highest BCUT2D eigenvalue weighted by Crippen LogP contribution is 2.58. The molecule has 0 bridgehead atoms. The lowest BCUT2D eigenvalue weighted by molar-refractivity contribution is -0.128. The summed E-state index contributed by atoms with van der Waals surface area (Å²) in [7, 11) is 1.85. The zero-order valence-corrected chi connectivity index (χ0v) is 24.0. The van der Waals surface area contributed by atoms with E-state index in [1.807, 2.05) is 29.0 Å². The van der Waals surface area contributed by atoms with E-state index < -0.39 is 18.0 Å². The van der Waals surface area contributed by atoms with Crippen molar-refractivity contribution in [2.45, 2.75) is 43.4 Å². The molecule has 0 radical (unpaired) electrons. The van der Waals surface area contributed by atoms with Crippen molar-refractivity contribution in [1.82, 2.24) is 24.8 Å². The summed E-state index contributed by atoms with van der Waals surface area (Å²) in [5.74, 6) is 0.758. The van der Waals surface area contributed by atoms with Gasteiger partial charge in [-0.1, -0.05) is 24.8 Å². The number of alkyl halides is 1. The van der Waals surface area contributed by atoms with Gasteiger partial charge in [0.15, 0.2) is 5.82 Å². The monoisotopic (exact) mass is 585 g/mol. The van der Waals surface area contributed by atoms with Gasteiger partial charge in [-0.25, -0.2) is 15.4 Å². The Labute approximate surface area is 249 Å².